The van der Waals surface area contributed by atoms with Gasteiger partial charge in [0, 0.05) is 0 Å². The second-order valence-corrected chi connectivity index (χ2v) is 6.02. The number of hydrogen-bond donors (Lipinski definition) is 3. The largest absolute Gasteiger partial charge is 0.328 e. The van der Waals surface area contributed by atoms with E-state index in [1.165, 1.54) is 21.1 Å². The molecular weight excluding hydrogens is 260 g/mol. The third-order valence-electron chi connectivity index (χ3n) is 3.77. The van der Waals surface area contributed by atoms with E-state index in [2.05, 4.69) is 18.4 Å². The molecule has 1 aromatic rings. The zero-order valence-electron chi connectivity index (χ0n) is 11.3. The highest BCUT2D eigenvalue weighted by Gasteiger charge is 2.30. The number of nitrogens with one attached hydrogen (secondary N) is 3. The molecule has 0 bridgehead atoms. The molecule has 2 heterocycles. The van der Waals surface area contributed by atoms with Crippen LogP contribution in [0, 0.1) is 11.3 Å². The summed E-state index contributed by atoms with van der Waals surface area (Å²) in [6.07, 6.45) is 0. The summed E-state index contributed by atoms with van der Waals surface area (Å²) in [5.41, 5.74) is 0.545. The van der Waals surface area contributed by atoms with Gasteiger partial charge in [-0.15, -0.1) is 11.3 Å². The number of nitriles is 1. The maximum absolute atomic E-state index is 12.2. The third-order valence-corrected chi connectivity index (χ3v) is 4.60. The standard InChI is InChI=1S/C13H18N4OS/c1-10(17-6-4-16(2)5-7-17)12(18)15-13-11(9-14)3-8-19-13/h3,8,10H,4-7H2,1-2H3,(H,15,18)/p+2/t10-/m1/s1. The monoisotopic (exact) mass is 280 g/mol. The van der Waals surface area contributed by atoms with Crippen LogP contribution >= 0.6 is 11.3 Å². The number of rotatable bonds is 3. The minimum Gasteiger partial charge on any atom is -0.328 e. The first-order chi connectivity index (χ1) is 9.11. The Labute approximate surface area is 117 Å². The number of amides is 1. The van der Waals surface area contributed by atoms with Crippen LogP contribution in [-0.4, -0.2) is 45.2 Å². The van der Waals surface area contributed by atoms with Crippen molar-refractivity contribution in [3.63, 3.8) is 0 Å². The van der Waals surface area contributed by atoms with Crippen LogP contribution in [0.2, 0.25) is 0 Å². The van der Waals surface area contributed by atoms with Crippen LogP contribution in [0.1, 0.15) is 12.5 Å². The van der Waals surface area contributed by atoms with Crippen molar-refractivity contribution in [3.05, 3.63) is 17.0 Å². The Kier molecular flexibility index (Phi) is 4.53. The number of quaternary nitrogens is 2. The van der Waals surface area contributed by atoms with E-state index in [1.807, 2.05) is 12.3 Å². The molecule has 0 saturated carbocycles. The summed E-state index contributed by atoms with van der Waals surface area (Å²) in [5, 5.41) is 14.3. The Morgan fingerprint density at radius 2 is 2.16 bits per heavy atom. The van der Waals surface area contributed by atoms with Crippen molar-refractivity contribution in [3.8, 4) is 6.07 Å². The maximum atomic E-state index is 12.2. The molecule has 1 fully saturated rings. The molecule has 2 rings (SSSR count). The van der Waals surface area contributed by atoms with Crippen molar-refractivity contribution < 1.29 is 14.6 Å². The number of likely N-dealkylation sites (N-methyl/N-ethyl adjacent to an activating group) is 1. The highest BCUT2D eigenvalue weighted by atomic mass is 32.1. The average molecular weight is 280 g/mol. The Morgan fingerprint density at radius 1 is 1.47 bits per heavy atom. The van der Waals surface area contributed by atoms with Gasteiger partial charge in [0.05, 0.1) is 12.6 Å². The van der Waals surface area contributed by atoms with Crippen molar-refractivity contribution in [2.45, 2.75) is 13.0 Å². The molecule has 19 heavy (non-hydrogen) atoms. The van der Waals surface area contributed by atoms with Crippen molar-refractivity contribution in [2.75, 3.05) is 38.5 Å². The zero-order chi connectivity index (χ0) is 13.8. The van der Waals surface area contributed by atoms with E-state index >= 15 is 0 Å². The van der Waals surface area contributed by atoms with Crippen molar-refractivity contribution >= 4 is 22.2 Å². The van der Waals surface area contributed by atoms with Crippen LogP contribution < -0.4 is 15.1 Å². The van der Waals surface area contributed by atoms with Crippen LogP contribution in [0.15, 0.2) is 11.4 Å². The smallest absolute Gasteiger partial charge is 0.283 e. The fraction of sp³-hybridized carbons (Fsp3) is 0.538. The number of piperazine rings is 1. The van der Waals surface area contributed by atoms with Crippen molar-refractivity contribution in [1.29, 1.82) is 5.26 Å². The molecule has 0 aliphatic carbocycles. The lowest BCUT2D eigenvalue weighted by Gasteiger charge is -2.30. The van der Waals surface area contributed by atoms with Crippen LogP contribution in [0.3, 0.4) is 0 Å². The molecule has 0 spiro atoms. The normalized spacial score (nSPS) is 24.5. The van der Waals surface area contributed by atoms with Gasteiger partial charge in [-0.3, -0.25) is 4.79 Å². The average Bonchev–Trinajstić information content (AvgIpc) is 2.86. The van der Waals surface area contributed by atoms with Crippen molar-refractivity contribution in [2.24, 2.45) is 0 Å². The lowest BCUT2D eigenvalue weighted by molar-refractivity contribution is -1.01. The molecule has 0 aromatic carbocycles. The number of carbonyl (C=O) groups is 1. The van der Waals surface area contributed by atoms with Crippen LogP contribution in [0.4, 0.5) is 5.00 Å². The number of nitrogens with zero attached hydrogens (tertiary/aromatic N) is 1. The van der Waals surface area contributed by atoms with Gasteiger partial charge in [-0.1, -0.05) is 0 Å². The Morgan fingerprint density at radius 3 is 2.79 bits per heavy atom. The molecule has 5 nitrogen and oxygen atoms in total. The van der Waals surface area contributed by atoms with E-state index in [0.29, 0.717) is 10.6 Å². The van der Waals surface area contributed by atoms with Crippen LogP contribution in [-0.2, 0) is 4.79 Å². The summed E-state index contributed by atoms with van der Waals surface area (Å²) in [7, 11) is 2.19. The number of carbonyl (C=O) groups excluding carboxylic acids is 1. The van der Waals surface area contributed by atoms with Gasteiger partial charge in [-0.25, -0.2) is 0 Å². The highest BCUT2D eigenvalue weighted by molar-refractivity contribution is 7.14. The molecule has 1 atom stereocenters. The lowest BCUT2D eigenvalue weighted by atomic mass is 10.2. The summed E-state index contributed by atoms with van der Waals surface area (Å²) in [6.45, 7) is 6.22. The summed E-state index contributed by atoms with van der Waals surface area (Å²) in [6, 6.07) is 3.76. The first-order valence-electron chi connectivity index (χ1n) is 6.56. The van der Waals surface area contributed by atoms with Crippen LogP contribution in [0.5, 0.6) is 0 Å². The van der Waals surface area contributed by atoms with Gasteiger partial charge in [-0.2, -0.15) is 5.26 Å². The second-order valence-electron chi connectivity index (χ2n) is 5.10. The molecule has 0 unspecified atom stereocenters. The number of anilines is 1. The van der Waals surface area contributed by atoms with Crippen LogP contribution in [0.25, 0.3) is 0 Å². The Balaban J connectivity index is 1.95. The molecule has 6 heteroatoms. The zero-order valence-corrected chi connectivity index (χ0v) is 12.1. The predicted molar refractivity (Wildman–Crippen MR) is 74.4 cm³/mol. The second kappa shape index (κ2) is 6.15. The van der Waals surface area contributed by atoms with E-state index < -0.39 is 0 Å². The minimum atomic E-state index is -0.0678. The molecule has 1 aliphatic heterocycles. The third kappa shape index (κ3) is 3.32. The minimum absolute atomic E-state index is 0.00787. The molecule has 102 valence electrons. The van der Waals surface area contributed by atoms with Gasteiger partial charge in [0.2, 0.25) is 0 Å². The lowest BCUT2D eigenvalue weighted by Crippen LogP contribution is -3.29. The van der Waals surface area contributed by atoms with Gasteiger partial charge in [0.25, 0.3) is 5.91 Å². The van der Waals surface area contributed by atoms with Crippen molar-refractivity contribution in [1.82, 2.24) is 0 Å². The van der Waals surface area contributed by atoms with E-state index in [9.17, 15) is 4.79 Å². The molecule has 1 aromatic heterocycles. The maximum Gasteiger partial charge on any atom is 0.283 e. The summed E-state index contributed by atoms with van der Waals surface area (Å²) in [4.78, 5) is 15.1. The number of thiophene rings is 1. The Hall–Kier alpha value is -1.42. The van der Waals surface area contributed by atoms with E-state index in [-0.39, 0.29) is 11.9 Å². The molecule has 3 N–H and O–H groups in total. The Bertz CT molecular complexity index is 485. The highest BCUT2D eigenvalue weighted by Crippen LogP contribution is 2.21. The summed E-state index contributed by atoms with van der Waals surface area (Å²) >= 11 is 1.40. The molecule has 1 amide bonds. The van der Waals surface area contributed by atoms with Gasteiger partial charge >= 0.3 is 0 Å². The summed E-state index contributed by atoms with van der Waals surface area (Å²) in [5.74, 6) is 0.00787. The quantitative estimate of drug-likeness (QED) is 0.622. The molecule has 1 aliphatic rings. The van der Waals surface area contributed by atoms with Gasteiger partial charge in [0.1, 0.15) is 37.2 Å². The SMILES string of the molecule is C[C@H](C(=O)Nc1sccc1C#N)[NH+]1CC[NH+](C)CC1. The fourth-order valence-corrected chi connectivity index (χ4v) is 3.07. The van der Waals surface area contributed by atoms with Gasteiger partial charge in [-0.05, 0) is 18.4 Å². The van der Waals surface area contributed by atoms with E-state index in [1.54, 1.807) is 6.07 Å². The first kappa shape index (κ1) is 14.0. The molecular formula is C13H20N4OS+2. The molecule has 1 saturated heterocycles. The van der Waals surface area contributed by atoms with E-state index in [0.717, 1.165) is 26.2 Å². The first-order valence-corrected chi connectivity index (χ1v) is 7.44. The van der Waals surface area contributed by atoms with Gasteiger partial charge < -0.3 is 15.1 Å². The summed E-state index contributed by atoms with van der Waals surface area (Å²) < 4.78 is 0. The fourth-order valence-electron chi connectivity index (χ4n) is 2.33. The predicted octanol–water partition coefficient (Wildman–Crippen LogP) is -1.64. The van der Waals surface area contributed by atoms with Gasteiger partial charge in [0.15, 0.2) is 6.04 Å². The molecule has 0 radical (unpaired) electrons. The topological polar surface area (TPSA) is 61.8 Å². The number of hydrogen-bond acceptors (Lipinski definition) is 3. The van der Waals surface area contributed by atoms with E-state index in [4.69, 9.17) is 5.26 Å².